The maximum absolute atomic E-state index is 12.8. The van der Waals surface area contributed by atoms with Crippen LogP contribution in [0.2, 0.25) is 0 Å². The van der Waals surface area contributed by atoms with Crippen molar-refractivity contribution in [3.63, 3.8) is 0 Å². The summed E-state index contributed by atoms with van der Waals surface area (Å²) in [5.74, 6) is -0.803. The molecule has 22 heavy (non-hydrogen) atoms. The van der Waals surface area contributed by atoms with Crippen LogP contribution in [0.3, 0.4) is 0 Å². The number of amides is 2. The largest absolute Gasteiger partial charge is 0.464 e. The third-order valence-electron chi connectivity index (χ3n) is 4.28. The van der Waals surface area contributed by atoms with Crippen LogP contribution < -0.4 is 0 Å². The van der Waals surface area contributed by atoms with Gasteiger partial charge in [-0.15, -0.1) is 0 Å². The highest BCUT2D eigenvalue weighted by Crippen LogP contribution is 2.49. The number of esters is 1. The molecule has 0 aromatic rings. The molecule has 2 rings (SSSR count). The Morgan fingerprint density at radius 3 is 2.36 bits per heavy atom. The first-order valence-electron chi connectivity index (χ1n) is 7.93. The number of carbonyl (C=O) groups excluding carboxylic acids is 3. The van der Waals surface area contributed by atoms with E-state index in [1.54, 1.807) is 27.7 Å². The molecule has 0 unspecified atom stereocenters. The fourth-order valence-electron chi connectivity index (χ4n) is 3.36. The van der Waals surface area contributed by atoms with Gasteiger partial charge in [-0.1, -0.05) is 12.8 Å². The van der Waals surface area contributed by atoms with Gasteiger partial charge in [0.15, 0.2) is 0 Å². The SMILES string of the molecule is CCOC(=O)[C@@H]1CC2(CCCC2)C(=O)N1C(=O)OC(C)(C)C. The second kappa shape index (κ2) is 5.89. The van der Waals surface area contributed by atoms with Crippen molar-refractivity contribution in [1.82, 2.24) is 4.90 Å². The minimum atomic E-state index is -0.861. The Labute approximate surface area is 131 Å². The van der Waals surface area contributed by atoms with Crippen LogP contribution >= 0.6 is 0 Å². The lowest BCUT2D eigenvalue weighted by Crippen LogP contribution is -2.47. The summed E-state index contributed by atoms with van der Waals surface area (Å²) in [5.41, 5.74) is -1.31. The second-order valence-electron chi connectivity index (χ2n) is 7.11. The van der Waals surface area contributed by atoms with E-state index in [0.717, 1.165) is 30.6 Å². The smallest absolute Gasteiger partial charge is 0.417 e. The van der Waals surface area contributed by atoms with Crippen LogP contribution in [0.1, 0.15) is 59.8 Å². The zero-order chi connectivity index (χ0) is 16.5. The van der Waals surface area contributed by atoms with Crippen molar-refractivity contribution in [2.75, 3.05) is 6.61 Å². The topological polar surface area (TPSA) is 72.9 Å². The summed E-state index contributed by atoms with van der Waals surface area (Å²) < 4.78 is 10.4. The predicted molar refractivity (Wildman–Crippen MR) is 79.0 cm³/mol. The highest BCUT2D eigenvalue weighted by Gasteiger charge is 2.58. The Morgan fingerprint density at radius 1 is 1.27 bits per heavy atom. The average molecular weight is 311 g/mol. The van der Waals surface area contributed by atoms with Crippen molar-refractivity contribution in [3.05, 3.63) is 0 Å². The van der Waals surface area contributed by atoms with Crippen molar-refractivity contribution < 1.29 is 23.9 Å². The summed E-state index contributed by atoms with van der Waals surface area (Å²) in [4.78, 5) is 38.4. The summed E-state index contributed by atoms with van der Waals surface area (Å²) in [7, 11) is 0. The molecule has 0 aromatic carbocycles. The first-order valence-corrected chi connectivity index (χ1v) is 7.93. The first-order chi connectivity index (χ1) is 10.2. The number of likely N-dealkylation sites (tertiary alicyclic amines) is 1. The second-order valence-corrected chi connectivity index (χ2v) is 7.11. The van der Waals surface area contributed by atoms with Gasteiger partial charge in [0.05, 0.1) is 12.0 Å². The van der Waals surface area contributed by atoms with Gasteiger partial charge in [-0.2, -0.15) is 0 Å². The fourth-order valence-corrected chi connectivity index (χ4v) is 3.36. The van der Waals surface area contributed by atoms with Crippen LogP contribution in [0.4, 0.5) is 4.79 Å². The van der Waals surface area contributed by atoms with Crippen molar-refractivity contribution in [2.24, 2.45) is 5.41 Å². The van der Waals surface area contributed by atoms with Crippen molar-refractivity contribution in [3.8, 4) is 0 Å². The first kappa shape index (κ1) is 16.8. The lowest BCUT2D eigenvalue weighted by molar-refractivity contribution is -0.151. The molecule has 1 heterocycles. The standard InChI is InChI=1S/C16H25NO5/c1-5-21-12(18)11-10-16(8-6-7-9-16)13(19)17(11)14(20)22-15(2,3)4/h11H,5-10H2,1-4H3/t11-/m0/s1. The van der Waals surface area contributed by atoms with Gasteiger partial charge in [-0.05, 0) is 47.0 Å². The Bertz CT molecular complexity index is 473. The highest BCUT2D eigenvalue weighted by molar-refractivity contribution is 6.02. The van der Waals surface area contributed by atoms with Gasteiger partial charge in [0.25, 0.3) is 0 Å². The summed E-state index contributed by atoms with van der Waals surface area (Å²) in [5, 5.41) is 0. The minimum absolute atomic E-state index is 0.221. The molecule has 6 heteroatoms. The number of rotatable bonds is 2. The van der Waals surface area contributed by atoms with Crippen LogP contribution in [0, 0.1) is 5.41 Å². The predicted octanol–water partition coefficient (Wildman–Crippen LogP) is 2.65. The molecule has 0 radical (unpaired) electrons. The molecule has 1 aliphatic heterocycles. The lowest BCUT2D eigenvalue weighted by atomic mass is 9.83. The molecular weight excluding hydrogens is 286 g/mol. The third kappa shape index (κ3) is 3.10. The molecule has 1 aliphatic carbocycles. The zero-order valence-corrected chi connectivity index (χ0v) is 13.8. The van der Waals surface area contributed by atoms with E-state index in [1.165, 1.54) is 0 Å². The van der Waals surface area contributed by atoms with Gasteiger partial charge in [0, 0.05) is 0 Å². The molecule has 0 bridgehead atoms. The summed E-state index contributed by atoms with van der Waals surface area (Å²) in [6.45, 7) is 7.12. The Kier molecular flexibility index (Phi) is 4.49. The van der Waals surface area contributed by atoms with Crippen LogP contribution in [0.5, 0.6) is 0 Å². The molecule has 1 saturated heterocycles. The van der Waals surface area contributed by atoms with Gasteiger partial charge in [0.2, 0.25) is 5.91 Å². The van der Waals surface area contributed by atoms with E-state index < -0.39 is 29.1 Å². The molecule has 1 atom stereocenters. The molecule has 2 amide bonds. The third-order valence-corrected chi connectivity index (χ3v) is 4.28. The Balaban J connectivity index is 2.27. The number of nitrogens with zero attached hydrogens (tertiary/aromatic N) is 1. The van der Waals surface area contributed by atoms with Crippen molar-refractivity contribution >= 4 is 18.0 Å². The zero-order valence-electron chi connectivity index (χ0n) is 13.8. The van der Waals surface area contributed by atoms with Gasteiger partial charge >= 0.3 is 12.1 Å². The van der Waals surface area contributed by atoms with E-state index in [-0.39, 0.29) is 12.5 Å². The molecule has 0 aromatic heterocycles. The Morgan fingerprint density at radius 2 is 1.86 bits per heavy atom. The van der Waals surface area contributed by atoms with Crippen molar-refractivity contribution in [2.45, 2.75) is 71.4 Å². The van der Waals surface area contributed by atoms with E-state index in [0.29, 0.717) is 6.42 Å². The summed E-state index contributed by atoms with van der Waals surface area (Å²) >= 11 is 0. The molecule has 6 nitrogen and oxygen atoms in total. The highest BCUT2D eigenvalue weighted by atomic mass is 16.6. The molecule has 2 aliphatic rings. The number of hydrogen-bond acceptors (Lipinski definition) is 5. The van der Waals surface area contributed by atoms with Crippen LogP contribution in [0.15, 0.2) is 0 Å². The normalized spacial score (nSPS) is 23.9. The molecule has 124 valence electrons. The van der Waals surface area contributed by atoms with E-state index in [4.69, 9.17) is 9.47 Å². The van der Waals surface area contributed by atoms with Gasteiger partial charge in [-0.3, -0.25) is 4.79 Å². The number of carbonyl (C=O) groups is 3. The average Bonchev–Trinajstić information content (AvgIpc) is 2.96. The van der Waals surface area contributed by atoms with Crippen LogP contribution in [0.25, 0.3) is 0 Å². The van der Waals surface area contributed by atoms with E-state index in [2.05, 4.69) is 0 Å². The van der Waals surface area contributed by atoms with Gasteiger partial charge in [0.1, 0.15) is 11.6 Å². The number of ether oxygens (including phenoxy) is 2. The van der Waals surface area contributed by atoms with Gasteiger partial charge in [-0.25, -0.2) is 14.5 Å². The monoisotopic (exact) mass is 311 g/mol. The summed E-state index contributed by atoms with van der Waals surface area (Å²) in [6, 6.07) is -0.861. The van der Waals surface area contributed by atoms with E-state index >= 15 is 0 Å². The van der Waals surface area contributed by atoms with E-state index in [1.807, 2.05) is 0 Å². The quantitative estimate of drug-likeness (QED) is 0.733. The van der Waals surface area contributed by atoms with Crippen LogP contribution in [-0.2, 0) is 19.1 Å². The Hall–Kier alpha value is -1.59. The molecule has 1 saturated carbocycles. The molecule has 2 fully saturated rings. The molecule has 0 N–H and O–H groups in total. The molecule has 1 spiro atoms. The number of hydrogen-bond donors (Lipinski definition) is 0. The van der Waals surface area contributed by atoms with Crippen molar-refractivity contribution in [1.29, 1.82) is 0 Å². The lowest BCUT2D eigenvalue weighted by Gasteiger charge is -2.27. The minimum Gasteiger partial charge on any atom is -0.464 e. The van der Waals surface area contributed by atoms with E-state index in [9.17, 15) is 14.4 Å². The fraction of sp³-hybridized carbons (Fsp3) is 0.812. The maximum Gasteiger partial charge on any atom is 0.417 e. The summed E-state index contributed by atoms with van der Waals surface area (Å²) in [6.07, 6.45) is 2.94. The van der Waals surface area contributed by atoms with Gasteiger partial charge < -0.3 is 9.47 Å². The van der Waals surface area contributed by atoms with Crippen LogP contribution in [-0.4, -0.2) is 41.1 Å². The molecular formula is C16H25NO5. The number of imide groups is 1. The maximum atomic E-state index is 12.8.